The molecule has 8 nitrogen and oxygen atoms in total. The largest absolute Gasteiger partial charge is 0.497 e. The number of hydrogen-bond donors (Lipinski definition) is 0. The average molecular weight is 461 g/mol. The number of carbonyl (C=O) groups is 2. The lowest BCUT2D eigenvalue weighted by molar-refractivity contribution is -0.148. The molecule has 1 amide bonds. The smallest absolute Gasteiger partial charge is 0.308 e. The second kappa shape index (κ2) is 10.0. The molecule has 1 fully saturated rings. The first-order valence-corrected chi connectivity index (χ1v) is 11.8. The molecule has 0 N–H and O–H groups in total. The molecule has 0 saturated carbocycles. The van der Waals surface area contributed by atoms with Crippen molar-refractivity contribution in [1.82, 2.24) is 4.90 Å². The van der Waals surface area contributed by atoms with Crippen LogP contribution in [0.5, 0.6) is 5.75 Å². The summed E-state index contributed by atoms with van der Waals surface area (Å²) in [6.07, 6.45) is 0.983. The van der Waals surface area contributed by atoms with Crippen molar-refractivity contribution in [2.75, 3.05) is 38.2 Å². The number of sulfonamides is 1. The molecule has 0 spiro atoms. The molecule has 0 radical (unpaired) electrons. The van der Waals surface area contributed by atoms with E-state index in [2.05, 4.69) is 0 Å². The highest BCUT2D eigenvalue weighted by molar-refractivity contribution is 7.92. The summed E-state index contributed by atoms with van der Waals surface area (Å²) in [5, 5.41) is 0. The monoisotopic (exact) mass is 460 g/mol. The highest BCUT2D eigenvalue weighted by Gasteiger charge is 2.32. The van der Waals surface area contributed by atoms with Gasteiger partial charge in [-0.25, -0.2) is 8.42 Å². The number of carbonyl (C=O) groups excluding carboxylic acids is 2. The Hall–Kier alpha value is -3.07. The van der Waals surface area contributed by atoms with Crippen molar-refractivity contribution in [3.8, 4) is 5.75 Å². The van der Waals surface area contributed by atoms with E-state index < -0.39 is 10.0 Å². The van der Waals surface area contributed by atoms with Gasteiger partial charge in [-0.15, -0.1) is 0 Å². The van der Waals surface area contributed by atoms with Crippen molar-refractivity contribution in [1.29, 1.82) is 0 Å². The molecule has 172 valence electrons. The van der Waals surface area contributed by atoms with Crippen LogP contribution < -0.4 is 9.04 Å². The zero-order valence-corrected chi connectivity index (χ0v) is 19.3. The molecule has 1 aliphatic rings. The van der Waals surface area contributed by atoms with Gasteiger partial charge in [0.1, 0.15) is 12.3 Å². The van der Waals surface area contributed by atoms with Crippen LogP contribution in [-0.4, -0.2) is 59.0 Å². The summed E-state index contributed by atoms with van der Waals surface area (Å²) >= 11 is 0. The lowest BCUT2D eigenvalue weighted by Gasteiger charge is -2.33. The van der Waals surface area contributed by atoms with E-state index in [1.165, 1.54) is 26.4 Å². The quantitative estimate of drug-likeness (QED) is 0.590. The number of anilines is 1. The first kappa shape index (κ1) is 23.6. The fourth-order valence-corrected chi connectivity index (χ4v) is 5.07. The predicted molar refractivity (Wildman–Crippen MR) is 120 cm³/mol. The molecule has 0 atom stereocenters. The molecule has 3 rings (SSSR count). The Morgan fingerprint density at radius 2 is 1.59 bits per heavy atom. The Morgan fingerprint density at radius 1 is 1.00 bits per heavy atom. The van der Waals surface area contributed by atoms with Crippen molar-refractivity contribution in [3.63, 3.8) is 0 Å². The van der Waals surface area contributed by atoms with Gasteiger partial charge in [0, 0.05) is 13.1 Å². The number of piperidine rings is 1. The van der Waals surface area contributed by atoms with Crippen LogP contribution in [0.1, 0.15) is 18.4 Å². The van der Waals surface area contributed by atoms with E-state index in [0.29, 0.717) is 37.4 Å². The first-order valence-electron chi connectivity index (χ1n) is 10.4. The van der Waals surface area contributed by atoms with E-state index in [0.717, 1.165) is 9.87 Å². The summed E-state index contributed by atoms with van der Waals surface area (Å²) < 4.78 is 38.0. The third-order valence-corrected chi connectivity index (χ3v) is 7.42. The number of esters is 1. The van der Waals surface area contributed by atoms with E-state index in [1.54, 1.807) is 41.3 Å². The summed E-state index contributed by atoms with van der Waals surface area (Å²) in [4.78, 5) is 26.5. The van der Waals surface area contributed by atoms with Gasteiger partial charge < -0.3 is 14.4 Å². The number of likely N-dealkylation sites (tertiary alicyclic amines) is 1. The van der Waals surface area contributed by atoms with E-state index in [1.807, 2.05) is 6.92 Å². The van der Waals surface area contributed by atoms with Crippen molar-refractivity contribution < 1.29 is 27.5 Å². The SMILES string of the molecule is COC(=O)C1CCN(C(=O)CN(c2ccc(OC)cc2)S(=O)(=O)c2ccc(C)cc2)CC1. The average Bonchev–Trinajstić information content (AvgIpc) is 2.82. The second-order valence-corrected chi connectivity index (χ2v) is 9.56. The van der Waals surface area contributed by atoms with Crippen molar-refractivity contribution in [2.24, 2.45) is 5.92 Å². The lowest BCUT2D eigenvalue weighted by Crippen LogP contribution is -2.46. The number of nitrogens with zero attached hydrogens (tertiary/aromatic N) is 2. The number of ether oxygens (including phenoxy) is 2. The molecule has 32 heavy (non-hydrogen) atoms. The zero-order chi connectivity index (χ0) is 23.3. The Morgan fingerprint density at radius 3 is 2.12 bits per heavy atom. The summed E-state index contributed by atoms with van der Waals surface area (Å²) in [7, 11) is -1.11. The predicted octanol–water partition coefficient (Wildman–Crippen LogP) is 2.61. The van der Waals surface area contributed by atoms with Gasteiger partial charge in [-0.05, 0) is 56.2 Å². The number of hydrogen-bond acceptors (Lipinski definition) is 6. The second-order valence-electron chi connectivity index (χ2n) is 7.70. The van der Waals surface area contributed by atoms with E-state index in [-0.39, 0.29) is 29.2 Å². The number of rotatable bonds is 7. The minimum absolute atomic E-state index is 0.108. The van der Waals surface area contributed by atoms with Crippen LogP contribution in [0.4, 0.5) is 5.69 Å². The number of benzene rings is 2. The molecular weight excluding hydrogens is 432 g/mol. The van der Waals surface area contributed by atoms with Gasteiger partial charge in [-0.1, -0.05) is 17.7 Å². The first-order chi connectivity index (χ1) is 15.3. The topological polar surface area (TPSA) is 93.2 Å². The Labute approximate surface area is 188 Å². The number of amides is 1. The fraction of sp³-hybridized carbons (Fsp3) is 0.391. The summed E-state index contributed by atoms with van der Waals surface area (Å²) in [6, 6.07) is 13.0. The molecule has 1 saturated heterocycles. The Balaban J connectivity index is 1.85. The molecule has 0 aromatic heterocycles. The van der Waals surface area contributed by atoms with Gasteiger partial charge in [-0.3, -0.25) is 13.9 Å². The molecule has 9 heteroatoms. The molecule has 1 aliphatic heterocycles. The van der Waals surface area contributed by atoms with Crippen LogP contribution in [0.15, 0.2) is 53.4 Å². The van der Waals surface area contributed by atoms with Gasteiger partial charge in [0.05, 0.1) is 30.7 Å². The van der Waals surface area contributed by atoms with Crippen LogP contribution in [0.2, 0.25) is 0 Å². The lowest BCUT2D eigenvalue weighted by atomic mass is 9.97. The van der Waals surface area contributed by atoms with Gasteiger partial charge in [0.15, 0.2) is 0 Å². The molecular formula is C23H28N2O6S. The minimum atomic E-state index is -3.98. The number of methoxy groups -OCH3 is 2. The summed E-state index contributed by atoms with van der Waals surface area (Å²) in [5.41, 5.74) is 1.30. The van der Waals surface area contributed by atoms with Crippen LogP contribution in [0, 0.1) is 12.8 Å². The van der Waals surface area contributed by atoms with Gasteiger partial charge in [0.25, 0.3) is 10.0 Å². The third kappa shape index (κ3) is 5.21. The highest BCUT2D eigenvalue weighted by Crippen LogP contribution is 2.27. The van der Waals surface area contributed by atoms with E-state index in [4.69, 9.17) is 9.47 Å². The molecule has 0 bridgehead atoms. The summed E-state index contributed by atoms with van der Waals surface area (Å²) in [5.74, 6) is -0.255. The van der Waals surface area contributed by atoms with Gasteiger partial charge in [0.2, 0.25) is 5.91 Å². The Kier molecular flexibility index (Phi) is 7.40. The maximum Gasteiger partial charge on any atom is 0.308 e. The molecule has 2 aromatic rings. The van der Waals surface area contributed by atoms with E-state index >= 15 is 0 Å². The highest BCUT2D eigenvalue weighted by atomic mass is 32.2. The summed E-state index contributed by atoms with van der Waals surface area (Å²) in [6.45, 7) is 2.28. The zero-order valence-electron chi connectivity index (χ0n) is 18.5. The van der Waals surface area contributed by atoms with Gasteiger partial charge >= 0.3 is 5.97 Å². The van der Waals surface area contributed by atoms with E-state index in [9.17, 15) is 18.0 Å². The third-order valence-electron chi connectivity index (χ3n) is 5.63. The van der Waals surface area contributed by atoms with Crippen LogP contribution >= 0.6 is 0 Å². The normalized spacial score (nSPS) is 14.7. The van der Waals surface area contributed by atoms with Crippen LogP contribution in [-0.2, 0) is 24.3 Å². The standard InChI is InChI=1S/C23H28N2O6S/c1-17-4-10-21(11-5-17)32(28,29)25(19-6-8-20(30-2)9-7-19)16-22(26)24-14-12-18(13-15-24)23(27)31-3/h4-11,18H,12-16H2,1-3H3. The van der Waals surface area contributed by atoms with Gasteiger partial charge in [-0.2, -0.15) is 0 Å². The fourth-order valence-electron chi connectivity index (χ4n) is 3.66. The molecule has 1 heterocycles. The maximum atomic E-state index is 13.5. The number of aryl methyl sites for hydroxylation is 1. The van der Waals surface area contributed by atoms with Crippen molar-refractivity contribution in [3.05, 3.63) is 54.1 Å². The molecule has 0 aliphatic carbocycles. The molecule has 0 unspecified atom stereocenters. The van der Waals surface area contributed by atoms with Crippen LogP contribution in [0.3, 0.4) is 0 Å². The van der Waals surface area contributed by atoms with Crippen LogP contribution in [0.25, 0.3) is 0 Å². The molecule has 2 aromatic carbocycles. The van der Waals surface area contributed by atoms with Crippen molar-refractivity contribution >= 4 is 27.6 Å². The Bertz CT molecular complexity index is 1040. The minimum Gasteiger partial charge on any atom is -0.497 e. The van der Waals surface area contributed by atoms with Crippen molar-refractivity contribution in [2.45, 2.75) is 24.7 Å². The maximum absolute atomic E-state index is 13.5.